The van der Waals surface area contributed by atoms with Crippen LogP contribution in [-0.2, 0) is 13.1 Å². The fourth-order valence-corrected chi connectivity index (χ4v) is 5.23. The molecule has 4 nitrogen and oxygen atoms in total. The number of pyridine rings is 1. The van der Waals surface area contributed by atoms with E-state index in [2.05, 4.69) is 17.0 Å². The average molecular weight is 421 g/mol. The molecule has 0 N–H and O–H groups in total. The molecule has 0 radical (unpaired) electrons. The highest BCUT2D eigenvalue weighted by Crippen LogP contribution is 2.40. The lowest BCUT2D eigenvalue weighted by Gasteiger charge is -2.43. The molecule has 0 saturated carbocycles. The molecule has 1 saturated heterocycles. The first-order valence-corrected chi connectivity index (χ1v) is 10.8. The van der Waals surface area contributed by atoms with Crippen molar-refractivity contribution in [3.8, 4) is 16.9 Å². The minimum atomic E-state index is 0.112. The molecule has 2 bridgehead atoms. The predicted octanol–water partition coefficient (Wildman–Crippen LogP) is 4.80. The number of fused-ring (bicyclic) bond motifs is 4. The number of halogens is 1. The standard InChI is InChI=1S/C25H25ClN2O2/c1-30-22-8-2-17(3-9-22)13-27-14-18-12-20(16-27)25-23(10-11-24(29)28(25)15-18)19-4-6-21(26)7-5-19/h2-11,18,20H,12-16H2,1H3/t18-,20-/m1/s1. The topological polar surface area (TPSA) is 34.5 Å². The Morgan fingerprint density at radius 1 is 0.967 bits per heavy atom. The van der Waals surface area contributed by atoms with Gasteiger partial charge in [-0.3, -0.25) is 9.69 Å². The zero-order valence-corrected chi connectivity index (χ0v) is 17.8. The summed E-state index contributed by atoms with van der Waals surface area (Å²) in [6, 6.07) is 20.0. The molecule has 2 aromatic carbocycles. The van der Waals surface area contributed by atoms with Crippen molar-refractivity contribution in [3.63, 3.8) is 0 Å². The van der Waals surface area contributed by atoms with Crippen molar-refractivity contribution in [2.45, 2.75) is 25.4 Å². The summed E-state index contributed by atoms with van der Waals surface area (Å²) in [5.41, 5.74) is 4.86. The molecular weight excluding hydrogens is 396 g/mol. The molecule has 2 aliphatic heterocycles. The summed E-state index contributed by atoms with van der Waals surface area (Å²) >= 11 is 6.10. The number of rotatable bonds is 4. The molecule has 1 fully saturated rings. The molecule has 30 heavy (non-hydrogen) atoms. The molecule has 2 atom stereocenters. The van der Waals surface area contributed by atoms with Gasteiger partial charge in [-0.25, -0.2) is 0 Å². The summed E-state index contributed by atoms with van der Waals surface area (Å²) < 4.78 is 7.30. The fraction of sp³-hybridized carbons (Fsp3) is 0.320. The van der Waals surface area contributed by atoms with Crippen LogP contribution in [-0.4, -0.2) is 29.7 Å². The number of benzene rings is 2. The molecule has 5 rings (SSSR count). The fourth-order valence-electron chi connectivity index (χ4n) is 5.11. The van der Waals surface area contributed by atoms with Gasteiger partial charge in [0.2, 0.25) is 0 Å². The number of hydrogen-bond donors (Lipinski definition) is 0. The van der Waals surface area contributed by atoms with E-state index in [4.69, 9.17) is 16.3 Å². The quantitative estimate of drug-likeness (QED) is 0.608. The molecule has 0 amide bonds. The second kappa shape index (κ2) is 7.93. The van der Waals surface area contributed by atoms with E-state index in [1.54, 1.807) is 13.2 Å². The van der Waals surface area contributed by atoms with Crippen LogP contribution in [0.2, 0.25) is 5.02 Å². The number of nitrogens with zero attached hydrogens (tertiary/aromatic N) is 2. The van der Waals surface area contributed by atoms with Crippen LogP contribution in [0.25, 0.3) is 11.1 Å². The highest BCUT2D eigenvalue weighted by atomic mass is 35.5. The Bertz CT molecular complexity index is 1110. The van der Waals surface area contributed by atoms with E-state index in [9.17, 15) is 4.79 Å². The largest absolute Gasteiger partial charge is 0.497 e. The van der Waals surface area contributed by atoms with Crippen molar-refractivity contribution >= 4 is 11.6 Å². The second-order valence-corrected chi connectivity index (χ2v) is 8.87. The third-order valence-corrected chi connectivity index (χ3v) is 6.64. The Labute approximate surface area is 181 Å². The molecule has 2 aliphatic rings. The van der Waals surface area contributed by atoms with Gasteiger partial charge >= 0.3 is 0 Å². The van der Waals surface area contributed by atoms with Crippen LogP contribution in [0.3, 0.4) is 0 Å². The van der Waals surface area contributed by atoms with Gasteiger partial charge in [-0.2, -0.15) is 0 Å². The third-order valence-electron chi connectivity index (χ3n) is 6.39. The van der Waals surface area contributed by atoms with Gasteiger partial charge < -0.3 is 9.30 Å². The summed E-state index contributed by atoms with van der Waals surface area (Å²) in [7, 11) is 1.69. The lowest BCUT2D eigenvalue weighted by Crippen LogP contribution is -2.47. The Kier molecular flexibility index (Phi) is 5.13. The highest BCUT2D eigenvalue weighted by Gasteiger charge is 2.36. The van der Waals surface area contributed by atoms with E-state index in [0.29, 0.717) is 11.8 Å². The Hall–Kier alpha value is -2.56. The summed E-state index contributed by atoms with van der Waals surface area (Å²) in [6.07, 6.45) is 1.14. The molecular formula is C25H25ClN2O2. The van der Waals surface area contributed by atoms with Crippen LogP contribution in [0.1, 0.15) is 23.6 Å². The lowest BCUT2D eigenvalue weighted by atomic mass is 9.80. The Morgan fingerprint density at radius 2 is 1.73 bits per heavy atom. The lowest BCUT2D eigenvalue weighted by molar-refractivity contribution is 0.115. The van der Waals surface area contributed by atoms with Gasteiger partial charge in [-0.15, -0.1) is 0 Å². The van der Waals surface area contributed by atoms with Crippen molar-refractivity contribution in [2.24, 2.45) is 5.92 Å². The number of ether oxygens (including phenoxy) is 1. The van der Waals surface area contributed by atoms with Gasteiger partial charge in [0.1, 0.15) is 5.75 Å². The Morgan fingerprint density at radius 3 is 2.47 bits per heavy atom. The first-order valence-electron chi connectivity index (χ1n) is 10.5. The minimum Gasteiger partial charge on any atom is -0.497 e. The van der Waals surface area contributed by atoms with Crippen molar-refractivity contribution in [2.75, 3.05) is 20.2 Å². The zero-order chi connectivity index (χ0) is 20.7. The maximum Gasteiger partial charge on any atom is 0.250 e. The van der Waals surface area contributed by atoms with Crippen molar-refractivity contribution in [1.29, 1.82) is 0 Å². The van der Waals surface area contributed by atoms with Gasteiger partial charge in [0.25, 0.3) is 5.56 Å². The monoisotopic (exact) mass is 420 g/mol. The molecule has 0 unspecified atom stereocenters. The first-order chi connectivity index (χ1) is 14.6. The summed E-state index contributed by atoms with van der Waals surface area (Å²) in [4.78, 5) is 15.2. The van der Waals surface area contributed by atoms with Gasteiger partial charge in [-0.1, -0.05) is 35.9 Å². The SMILES string of the molecule is COc1ccc(CN2C[C@H]3C[C@H](C2)c2c(-c4ccc(Cl)cc4)ccc(=O)n2C3)cc1. The van der Waals surface area contributed by atoms with Crippen molar-refractivity contribution in [1.82, 2.24) is 9.47 Å². The van der Waals surface area contributed by atoms with E-state index < -0.39 is 0 Å². The number of aromatic nitrogens is 1. The van der Waals surface area contributed by atoms with E-state index in [1.807, 2.05) is 47.0 Å². The van der Waals surface area contributed by atoms with E-state index in [-0.39, 0.29) is 5.56 Å². The highest BCUT2D eigenvalue weighted by molar-refractivity contribution is 6.30. The maximum absolute atomic E-state index is 12.7. The number of methoxy groups -OCH3 is 1. The Balaban J connectivity index is 1.46. The molecule has 3 aromatic rings. The van der Waals surface area contributed by atoms with Crippen LogP contribution in [0.5, 0.6) is 5.75 Å². The van der Waals surface area contributed by atoms with Gasteiger partial charge in [0, 0.05) is 54.4 Å². The van der Waals surface area contributed by atoms with Crippen LogP contribution < -0.4 is 10.3 Å². The molecule has 0 spiro atoms. The van der Waals surface area contributed by atoms with Gasteiger partial charge in [0.15, 0.2) is 0 Å². The molecule has 1 aromatic heterocycles. The van der Waals surface area contributed by atoms with Crippen LogP contribution in [0.15, 0.2) is 65.5 Å². The first kappa shape index (κ1) is 19.4. The molecule has 3 heterocycles. The van der Waals surface area contributed by atoms with Gasteiger partial charge in [-0.05, 0) is 53.8 Å². The van der Waals surface area contributed by atoms with Crippen LogP contribution in [0, 0.1) is 5.92 Å². The average Bonchev–Trinajstić information content (AvgIpc) is 2.76. The molecule has 154 valence electrons. The normalized spacial score (nSPS) is 20.6. The molecule has 5 heteroatoms. The van der Waals surface area contributed by atoms with E-state index in [1.165, 1.54) is 11.3 Å². The minimum absolute atomic E-state index is 0.112. The summed E-state index contributed by atoms with van der Waals surface area (Å²) in [6.45, 7) is 3.71. The zero-order valence-electron chi connectivity index (χ0n) is 17.1. The number of hydrogen-bond acceptors (Lipinski definition) is 3. The second-order valence-electron chi connectivity index (χ2n) is 8.43. The maximum atomic E-state index is 12.7. The van der Waals surface area contributed by atoms with Crippen LogP contribution in [0.4, 0.5) is 0 Å². The summed E-state index contributed by atoms with van der Waals surface area (Å²) in [5, 5.41) is 0.726. The third kappa shape index (κ3) is 3.66. The van der Waals surface area contributed by atoms with Crippen molar-refractivity contribution in [3.05, 3.63) is 87.3 Å². The van der Waals surface area contributed by atoms with Gasteiger partial charge in [0.05, 0.1) is 7.11 Å². The number of piperidine rings is 1. The van der Waals surface area contributed by atoms with Crippen molar-refractivity contribution < 1.29 is 4.74 Å². The van der Waals surface area contributed by atoms with Crippen LogP contribution >= 0.6 is 11.6 Å². The van der Waals surface area contributed by atoms with E-state index >= 15 is 0 Å². The number of likely N-dealkylation sites (tertiary alicyclic amines) is 1. The molecule has 0 aliphatic carbocycles. The smallest absolute Gasteiger partial charge is 0.250 e. The van der Waals surface area contributed by atoms with E-state index in [0.717, 1.165) is 54.5 Å². The summed E-state index contributed by atoms with van der Waals surface area (Å²) in [5.74, 6) is 1.75. The predicted molar refractivity (Wildman–Crippen MR) is 120 cm³/mol.